The SMILES string of the molecule is CSC1(C(NC(=O)c2ccc(S(F)(F)(F)(F)F)cc2)C(=O)NO)CB(C#N)C1. The minimum atomic E-state index is -9.86. The Labute approximate surface area is 161 Å². The van der Waals surface area contributed by atoms with Gasteiger partial charge in [-0.2, -0.15) is 11.8 Å². The average molecular weight is 443 g/mol. The van der Waals surface area contributed by atoms with Crippen molar-refractivity contribution in [2.24, 2.45) is 0 Å². The van der Waals surface area contributed by atoms with Crippen LogP contribution in [0.25, 0.3) is 0 Å². The Hall–Kier alpha value is -1.98. The molecule has 0 aromatic heterocycles. The Morgan fingerprint density at radius 1 is 1.25 bits per heavy atom. The van der Waals surface area contributed by atoms with Gasteiger partial charge < -0.3 is 5.32 Å². The normalized spacial score (nSPS) is 19.3. The number of carbonyl (C=O) groups is 2. The Bertz CT molecular complexity index is 839. The predicted octanol–water partition coefficient (Wildman–Crippen LogP) is 3.62. The van der Waals surface area contributed by atoms with E-state index in [4.69, 9.17) is 10.5 Å². The summed E-state index contributed by atoms with van der Waals surface area (Å²) in [4.78, 5) is 22.2. The number of hydrogen-bond acceptors (Lipinski definition) is 5. The van der Waals surface area contributed by atoms with Crippen molar-refractivity contribution in [3.63, 3.8) is 0 Å². The lowest BCUT2D eigenvalue weighted by Gasteiger charge is -2.46. The van der Waals surface area contributed by atoms with Gasteiger partial charge in [-0.3, -0.25) is 14.8 Å². The number of nitrogens with one attached hydrogen (secondary N) is 2. The number of nitriles is 1. The fourth-order valence-corrected chi connectivity index (χ4v) is 4.75. The molecule has 1 unspecified atom stereocenters. The zero-order valence-electron chi connectivity index (χ0n) is 14.3. The third-order valence-electron chi connectivity index (χ3n) is 4.51. The molecule has 28 heavy (non-hydrogen) atoms. The highest BCUT2D eigenvalue weighted by Crippen LogP contribution is 3.02. The molecule has 6 nitrogen and oxygen atoms in total. The maximum Gasteiger partial charge on any atom is 0.310 e. The molecule has 2 rings (SSSR count). The second kappa shape index (κ2) is 6.53. The first kappa shape index (κ1) is 22.3. The number of hydroxylamine groups is 1. The number of thioether (sulfide) groups is 1. The van der Waals surface area contributed by atoms with Crippen LogP contribution in [0.4, 0.5) is 19.4 Å². The molecule has 2 amide bonds. The Kier molecular flexibility index (Phi) is 5.21. The van der Waals surface area contributed by atoms with Crippen LogP contribution < -0.4 is 10.8 Å². The van der Waals surface area contributed by atoms with Crippen LogP contribution in [-0.2, 0) is 4.79 Å². The lowest BCUT2D eigenvalue weighted by molar-refractivity contribution is -0.131. The van der Waals surface area contributed by atoms with Gasteiger partial charge in [-0.05, 0) is 43.2 Å². The fraction of sp³-hybridized carbons (Fsp3) is 0.357. The third kappa shape index (κ3) is 4.53. The molecule has 0 bridgehead atoms. The molecule has 14 heteroatoms. The van der Waals surface area contributed by atoms with E-state index in [0.29, 0.717) is 12.1 Å². The van der Waals surface area contributed by atoms with Crippen LogP contribution in [0.2, 0.25) is 12.6 Å². The van der Waals surface area contributed by atoms with Crippen LogP contribution >= 0.6 is 22.0 Å². The van der Waals surface area contributed by atoms with Crippen molar-refractivity contribution in [3.8, 4) is 5.97 Å². The van der Waals surface area contributed by atoms with Gasteiger partial charge in [0.1, 0.15) is 10.9 Å². The van der Waals surface area contributed by atoms with E-state index in [1.807, 2.05) is 5.97 Å². The summed E-state index contributed by atoms with van der Waals surface area (Å²) in [6, 6.07) is 0.0378. The molecule has 1 aliphatic heterocycles. The van der Waals surface area contributed by atoms with Crippen LogP contribution in [0.15, 0.2) is 29.2 Å². The van der Waals surface area contributed by atoms with Crippen molar-refractivity contribution < 1.29 is 34.2 Å². The zero-order valence-corrected chi connectivity index (χ0v) is 15.9. The fourth-order valence-electron chi connectivity index (χ4n) is 2.96. The van der Waals surface area contributed by atoms with E-state index in [2.05, 4.69) is 5.32 Å². The van der Waals surface area contributed by atoms with Gasteiger partial charge in [0.25, 0.3) is 18.5 Å². The number of rotatable bonds is 6. The Balaban J connectivity index is 2.26. The maximum atomic E-state index is 12.8. The van der Waals surface area contributed by atoms with Gasteiger partial charge in [0.05, 0.1) is 0 Å². The predicted molar refractivity (Wildman–Crippen MR) is 96.2 cm³/mol. The molecule has 1 saturated heterocycles. The van der Waals surface area contributed by atoms with E-state index < -0.39 is 37.7 Å². The summed E-state index contributed by atoms with van der Waals surface area (Å²) in [7, 11) is -9.86. The van der Waals surface area contributed by atoms with Gasteiger partial charge in [0.15, 0.2) is 0 Å². The van der Waals surface area contributed by atoms with E-state index in [0.717, 1.165) is 0 Å². The highest BCUT2D eigenvalue weighted by atomic mass is 32.5. The summed E-state index contributed by atoms with van der Waals surface area (Å²) in [5, 5.41) is 20.2. The maximum absolute atomic E-state index is 12.8. The molecule has 0 saturated carbocycles. The first-order chi connectivity index (χ1) is 12.7. The highest BCUT2D eigenvalue weighted by molar-refractivity contribution is 8.45. The van der Waals surface area contributed by atoms with E-state index >= 15 is 0 Å². The zero-order chi connectivity index (χ0) is 21.4. The molecule has 1 atom stereocenters. The Morgan fingerprint density at radius 3 is 2.18 bits per heavy atom. The topological polar surface area (TPSA) is 102 Å². The van der Waals surface area contributed by atoms with Gasteiger partial charge in [0.2, 0.25) is 0 Å². The first-order valence-corrected chi connectivity index (χ1v) is 10.9. The van der Waals surface area contributed by atoms with Crippen LogP contribution in [0.3, 0.4) is 0 Å². The van der Waals surface area contributed by atoms with Crippen LogP contribution in [0.1, 0.15) is 10.4 Å². The first-order valence-electron chi connectivity index (χ1n) is 7.69. The summed E-state index contributed by atoms with van der Waals surface area (Å²) >= 11 is 1.19. The van der Waals surface area contributed by atoms with E-state index in [9.17, 15) is 29.0 Å². The number of nitrogens with zero attached hydrogens (tertiary/aromatic N) is 1. The smallest absolute Gasteiger partial charge is 0.310 e. The largest absolute Gasteiger partial charge is 0.339 e. The van der Waals surface area contributed by atoms with Crippen molar-refractivity contribution >= 4 is 40.5 Å². The minimum absolute atomic E-state index is 0.0942. The van der Waals surface area contributed by atoms with Crippen LogP contribution in [-0.4, -0.2) is 40.8 Å². The second-order valence-corrected chi connectivity index (χ2v) is 10.0. The molecule has 154 valence electrons. The van der Waals surface area contributed by atoms with Crippen LogP contribution in [0, 0.1) is 11.2 Å². The van der Waals surface area contributed by atoms with Crippen molar-refractivity contribution in [2.45, 2.75) is 28.3 Å². The summed E-state index contributed by atoms with van der Waals surface area (Å²) in [5.74, 6) is 0.0608. The average Bonchev–Trinajstić information content (AvgIpc) is 2.57. The van der Waals surface area contributed by atoms with Gasteiger partial charge in [-0.15, -0.1) is 0 Å². The summed E-state index contributed by atoms with van der Waals surface area (Å²) in [6.07, 6.45) is 2.12. The molecular formula is C14H15BF5N3O3S2. The lowest BCUT2D eigenvalue weighted by Crippen LogP contribution is -2.64. The minimum Gasteiger partial charge on any atom is -0.339 e. The van der Waals surface area contributed by atoms with Gasteiger partial charge >= 0.3 is 10.2 Å². The number of amides is 2. The Morgan fingerprint density at radius 2 is 1.79 bits per heavy atom. The van der Waals surface area contributed by atoms with E-state index in [-0.39, 0.29) is 37.0 Å². The van der Waals surface area contributed by atoms with Crippen molar-refractivity contribution in [3.05, 3.63) is 29.8 Å². The molecule has 0 spiro atoms. The molecule has 0 radical (unpaired) electrons. The molecule has 1 aromatic rings. The molecule has 0 aliphatic carbocycles. The molecule has 1 aromatic carbocycles. The standard InChI is InChI=1S/C14H15BF5N3O3S2/c1-27-14(6-15(7-14)8-21)11(13(25)23-26)22-12(24)9-2-4-10(5-3-9)28(16,17,18,19)20/h2-5,11,26H,6-7H2,1H3,(H,22,24)(H,23,25). The molecular weight excluding hydrogens is 428 g/mol. The molecule has 1 heterocycles. The highest BCUT2D eigenvalue weighted by Gasteiger charge is 2.65. The van der Waals surface area contributed by atoms with Crippen molar-refractivity contribution in [2.75, 3.05) is 6.26 Å². The van der Waals surface area contributed by atoms with Gasteiger partial charge in [0, 0.05) is 16.3 Å². The summed E-state index contributed by atoms with van der Waals surface area (Å²) in [6.45, 7) is -0.352. The molecule has 1 fully saturated rings. The quantitative estimate of drug-likeness (QED) is 0.270. The number of halogens is 5. The van der Waals surface area contributed by atoms with E-state index in [1.54, 1.807) is 6.26 Å². The van der Waals surface area contributed by atoms with Crippen molar-refractivity contribution in [1.29, 1.82) is 5.26 Å². The number of hydrogen-bond donors (Lipinski definition) is 3. The second-order valence-electron chi connectivity index (χ2n) is 6.38. The lowest BCUT2D eigenvalue weighted by atomic mass is 9.31. The van der Waals surface area contributed by atoms with E-state index in [1.165, 1.54) is 17.2 Å². The molecule has 1 aliphatic rings. The van der Waals surface area contributed by atoms with Gasteiger partial charge in [-0.25, -0.2) is 10.7 Å². The molecule has 3 N–H and O–H groups in total. The van der Waals surface area contributed by atoms with Gasteiger partial charge in [-0.1, -0.05) is 19.4 Å². The third-order valence-corrected chi connectivity index (χ3v) is 7.05. The van der Waals surface area contributed by atoms with Crippen molar-refractivity contribution in [1.82, 2.24) is 10.8 Å². The number of carbonyl (C=O) groups excluding carboxylic acids is 2. The summed E-state index contributed by atoms with van der Waals surface area (Å²) in [5.41, 5.74) is 1.03. The van der Waals surface area contributed by atoms with Crippen LogP contribution in [0.5, 0.6) is 0 Å². The monoisotopic (exact) mass is 443 g/mol. The number of benzene rings is 1. The summed E-state index contributed by atoms with van der Waals surface area (Å²) < 4.78 is 62.9.